The number of likely N-dealkylation sites (N-methyl/N-ethyl adjacent to an activating group) is 1. The monoisotopic (exact) mass is 175 g/mol. The van der Waals surface area contributed by atoms with Gasteiger partial charge in [-0.25, -0.2) is 0 Å². The van der Waals surface area contributed by atoms with Crippen molar-refractivity contribution in [2.24, 2.45) is 0 Å². The lowest BCUT2D eigenvalue weighted by molar-refractivity contribution is 0.150. The molecule has 0 bridgehead atoms. The predicted octanol–water partition coefficient (Wildman–Crippen LogP) is 0.726. The van der Waals surface area contributed by atoms with E-state index in [1.165, 1.54) is 0 Å². The van der Waals surface area contributed by atoms with Gasteiger partial charge in [0.15, 0.2) is 0 Å². The maximum absolute atomic E-state index is 9.00. The average Bonchev–Trinajstić information content (AvgIpc) is 2.00. The number of methoxy groups -OCH3 is 1. The van der Waals surface area contributed by atoms with Crippen molar-refractivity contribution in [1.82, 2.24) is 4.90 Å². The highest BCUT2D eigenvalue weighted by atomic mass is 16.5. The van der Waals surface area contributed by atoms with E-state index in [1.807, 2.05) is 6.92 Å². The van der Waals surface area contributed by atoms with Gasteiger partial charge in [0.05, 0.1) is 12.7 Å². The second-order valence-electron chi connectivity index (χ2n) is 3.29. The summed E-state index contributed by atoms with van der Waals surface area (Å²) in [6.45, 7) is 4.62. The molecule has 0 aromatic rings. The fraction of sp³-hybridized carbons (Fsp3) is 1.00. The first-order chi connectivity index (χ1) is 5.66. The van der Waals surface area contributed by atoms with Crippen molar-refractivity contribution in [3.63, 3.8) is 0 Å². The van der Waals surface area contributed by atoms with Crippen molar-refractivity contribution in [2.45, 2.75) is 25.9 Å². The number of aliphatic hydroxyl groups is 1. The van der Waals surface area contributed by atoms with Gasteiger partial charge in [0.25, 0.3) is 0 Å². The van der Waals surface area contributed by atoms with E-state index >= 15 is 0 Å². The number of ether oxygens (including phenoxy) is 1. The molecule has 0 heterocycles. The third kappa shape index (κ3) is 7.98. The Hall–Kier alpha value is -0.120. The molecular weight excluding hydrogens is 154 g/mol. The zero-order valence-electron chi connectivity index (χ0n) is 8.42. The molecule has 1 unspecified atom stereocenters. The fourth-order valence-corrected chi connectivity index (χ4v) is 1.02. The third-order valence-electron chi connectivity index (χ3n) is 1.84. The molecule has 0 fully saturated rings. The van der Waals surface area contributed by atoms with E-state index in [0.717, 1.165) is 32.5 Å². The van der Waals surface area contributed by atoms with Crippen molar-refractivity contribution in [3.05, 3.63) is 0 Å². The van der Waals surface area contributed by atoms with Gasteiger partial charge in [-0.2, -0.15) is 0 Å². The first-order valence-corrected chi connectivity index (χ1v) is 4.52. The van der Waals surface area contributed by atoms with Crippen molar-refractivity contribution < 1.29 is 9.84 Å². The molecule has 1 atom stereocenters. The minimum absolute atomic E-state index is 0.166. The zero-order valence-corrected chi connectivity index (χ0v) is 8.42. The lowest BCUT2D eigenvalue weighted by Gasteiger charge is -2.15. The topological polar surface area (TPSA) is 32.7 Å². The zero-order chi connectivity index (χ0) is 9.40. The van der Waals surface area contributed by atoms with E-state index in [0.29, 0.717) is 0 Å². The Morgan fingerprint density at radius 1 is 1.42 bits per heavy atom. The van der Waals surface area contributed by atoms with Crippen molar-refractivity contribution in [1.29, 1.82) is 0 Å². The highest BCUT2D eigenvalue weighted by Gasteiger charge is 1.99. The van der Waals surface area contributed by atoms with E-state index in [1.54, 1.807) is 7.11 Å². The number of nitrogens with zero attached hydrogens (tertiary/aromatic N) is 1. The van der Waals surface area contributed by atoms with Crippen LogP contribution >= 0.6 is 0 Å². The van der Waals surface area contributed by atoms with Crippen molar-refractivity contribution >= 4 is 0 Å². The van der Waals surface area contributed by atoms with Crippen LogP contribution < -0.4 is 0 Å². The van der Waals surface area contributed by atoms with Gasteiger partial charge in [-0.3, -0.25) is 0 Å². The first kappa shape index (κ1) is 11.9. The smallest absolute Gasteiger partial charge is 0.0589 e. The molecule has 0 saturated heterocycles. The Morgan fingerprint density at radius 3 is 2.58 bits per heavy atom. The number of hydrogen-bond acceptors (Lipinski definition) is 3. The summed E-state index contributed by atoms with van der Waals surface area (Å²) in [6.07, 6.45) is 1.77. The van der Waals surface area contributed by atoms with Crippen LogP contribution in [0.25, 0.3) is 0 Å². The van der Waals surface area contributed by atoms with Crippen LogP contribution in [0.5, 0.6) is 0 Å². The van der Waals surface area contributed by atoms with E-state index in [-0.39, 0.29) is 6.10 Å². The van der Waals surface area contributed by atoms with Crippen LogP contribution in [0.3, 0.4) is 0 Å². The lowest BCUT2D eigenvalue weighted by atomic mass is 10.2. The van der Waals surface area contributed by atoms with Crippen molar-refractivity contribution in [3.8, 4) is 0 Å². The molecule has 0 aromatic carbocycles. The largest absolute Gasteiger partial charge is 0.393 e. The Kier molecular flexibility index (Phi) is 7.45. The maximum atomic E-state index is 9.00. The number of aliphatic hydroxyl groups excluding tert-OH is 1. The van der Waals surface area contributed by atoms with Crippen LogP contribution in [0, 0.1) is 0 Å². The molecule has 74 valence electrons. The molecule has 12 heavy (non-hydrogen) atoms. The summed E-state index contributed by atoms with van der Waals surface area (Å²) in [4.78, 5) is 2.21. The van der Waals surface area contributed by atoms with E-state index in [4.69, 9.17) is 9.84 Å². The first-order valence-electron chi connectivity index (χ1n) is 4.52. The summed E-state index contributed by atoms with van der Waals surface area (Å²) in [5, 5.41) is 9.00. The molecule has 0 spiro atoms. The summed E-state index contributed by atoms with van der Waals surface area (Å²) in [6, 6.07) is 0. The minimum Gasteiger partial charge on any atom is -0.393 e. The molecular formula is C9H21NO2. The standard InChI is InChI=1S/C9H21NO2/c1-9(11)5-4-6-10(2)7-8-12-3/h9,11H,4-8H2,1-3H3. The second kappa shape index (κ2) is 7.53. The summed E-state index contributed by atoms with van der Waals surface area (Å²) < 4.78 is 4.95. The van der Waals surface area contributed by atoms with E-state index < -0.39 is 0 Å². The molecule has 0 amide bonds. The summed E-state index contributed by atoms with van der Waals surface area (Å²) in [7, 11) is 3.78. The van der Waals surface area contributed by atoms with Gasteiger partial charge in [-0.15, -0.1) is 0 Å². The molecule has 0 aliphatic carbocycles. The Morgan fingerprint density at radius 2 is 2.08 bits per heavy atom. The maximum Gasteiger partial charge on any atom is 0.0589 e. The minimum atomic E-state index is -0.166. The molecule has 0 radical (unpaired) electrons. The Labute approximate surface area is 75.3 Å². The SMILES string of the molecule is COCCN(C)CCCC(C)O. The molecule has 0 aliphatic rings. The van der Waals surface area contributed by atoms with Crippen molar-refractivity contribution in [2.75, 3.05) is 33.9 Å². The van der Waals surface area contributed by atoms with Gasteiger partial charge in [-0.1, -0.05) is 0 Å². The van der Waals surface area contributed by atoms with E-state index in [2.05, 4.69) is 11.9 Å². The van der Waals surface area contributed by atoms with Crippen LogP contribution in [0.4, 0.5) is 0 Å². The highest BCUT2D eigenvalue weighted by molar-refractivity contribution is 4.53. The van der Waals surface area contributed by atoms with E-state index in [9.17, 15) is 0 Å². The molecule has 0 saturated carbocycles. The normalized spacial score (nSPS) is 13.8. The van der Waals surface area contributed by atoms with Crippen LogP contribution in [0.1, 0.15) is 19.8 Å². The second-order valence-corrected chi connectivity index (χ2v) is 3.29. The molecule has 0 aromatic heterocycles. The number of rotatable bonds is 7. The highest BCUT2D eigenvalue weighted by Crippen LogP contribution is 1.97. The van der Waals surface area contributed by atoms with Gasteiger partial charge in [-0.05, 0) is 33.4 Å². The molecule has 3 heteroatoms. The summed E-state index contributed by atoms with van der Waals surface area (Å²) in [5.74, 6) is 0. The van der Waals surface area contributed by atoms with Crippen LogP contribution in [-0.2, 0) is 4.74 Å². The van der Waals surface area contributed by atoms with Crippen LogP contribution in [0.2, 0.25) is 0 Å². The molecule has 1 N–H and O–H groups in total. The van der Waals surface area contributed by atoms with Gasteiger partial charge in [0.2, 0.25) is 0 Å². The summed E-state index contributed by atoms with van der Waals surface area (Å²) >= 11 is 0. The van der Waals surface area contributed by atoms with Crippen LogP contribution in [0.15, 0.2) is 0 Å². The van der Waals surface area contributed by atoms with Crippen LogP contribution in [-0.4, -0.2) is 50.0 Å². The quantitative estimate of drug-likeness (QED) is 0.619. The Balaban J connectivity index is 3.13. The summed E-state index contributed by atoms with van der Waals surface area (Å²) in [5.41, 5.74) is 0. The third-order valence-corrected chi connectivity index (χ3v) is 1.84. The van der Waals surface area contributed by atoms with Gasteiger partial charge in [0.1, 0.15) is 0 Å². The average molecular weight is 175 g/mol. The Bertz CT molecular complexity index is 96.5. The molecule has 0 rings (SSSR count). The fourth-order valence-electron chi connectivity index (χ4n) is 1.02. The molecule has 3 nitrogen and oxygen atoms in total. The predicted molar refractivity (Wildman–Crippen MR) is 50.3 cm³/mol. The van der Waals surface area contributed by atoms with Gasteiger partial charge >= 0.3 is 0 Å². The molecule has 0 aliphatic heterocycles. The lowest BCUT2D eigenvalue weighted by Crippen LogP contribution is -2.24. The van der Waals surface area contributed by atoms with Gasteiger partial charge < -0.3 is 14.7 Å². The van der Waals surface area contributed by atoms with Gasteiger partial charge in [0, 0.05) is 13.7 Å². The number of hydrogen-bond donors (Lipinski definition) is 1.